The molecule has 0 aliphatic carbocycles. The molecule has 7 nitrogen and oxygen atoms in total. The molecule has 1 N–H and O–H groups in total. The number of esters is 1. The Morgan fingerprint density at radius 3 is 2.62 bits per heavy atom. The third-order valence-corrected chi connectivity index (χ3v) is 4.18. The molecule has 7 heteroatoms. The number of para-hydroxylation sites is 1. The first kappa shape index (κ1) is 19.5. The molecular formula is C19H23NO6. The number of hydrogen-bond donors (Lipinski definition) is 1. The Bertz CT molecular complexity index is 765. The van der Waals surface area contributed by atoms with Crippen LogP contribution in [0.1, 0.15) is 18.9 Å². The van der Waals surface area contributed by atoms with Crippen molar-refractivity contribution in [3.8, 4) is 11.5 Å². The smallest absolute Gasteiger partial charge is 0.340 e. The van der Waals surface area contributed by atoms with E-state index < -0.39 is 5.97 Å². The van der Waals surface area contributed by atoms with Crippen LogP contribution < -0.4 is 4.74 Å². The molecule has 1 aromatic carbocycles. The Balaban J connectivity index is 2.48. The van der Waals surface area contributed by atoms with Crippen molar-refractivity contribution in [2.45, 2.75) is 13.3 Å². The molecule has 1 heterocycles. The zero-order chi connectivity index (χ0) is 19.3. The van der Waals surface area contributed by atoms with E-state index in [1.165, 1.54) is 25.2 Å². The van der Waals surface area contributed by atoms with E-state index in [0.29, 0.717) is 30.8 Å². The van der Waals surface area contributed by atoms with Gasteiger partial charge in [0.05, 0.1) is 25.4 Å². The molecule has 0 atom stereocenters. The van der Waals surface area contributed by atoms with Crippen LogP contribution in [-0.2, 0) is 19.1 Å². The standard InChI is InChI=1S/C19H23NO6/c1-12-16(19(23)26-4)14(18(22)20(12)9-6-10-24-2)11-13-7-5-8-15(25-3)17(13)21/h5,7-8,11,21H,6,9-10H2,1-4H3. The minimum atomic E-state index is -0.598. The van der Waals surface area contributed by atoms with Gasteiger partial charge in [-0.25, -0.2) is 4.79 Å². The highest BCUT2D eigenvalue weighted by Crippen LogP contribution is 2.35. The number of amides is 1. The topological polar surface area (TPSA) is 85.3 Å². The number of nitrogens with zero attached hydrogens (tertiary/aromatic N) is 1. The van der Waals surface area contributed by atoms with Crippen LogP contribution in [0.15, 0.2) is 35.0 Å². The quantitative estimate of drug-likeness (QED) is 0.455. The van der Waals surface area contributed by atoms with E-state index in [0.717, 1.165) is 0 Å². The number of phenolic OH excluding ortho intramolecular Hbond substituents is 1. The van der Waals surface area contributed by atoms with Crippen molar-refractivity contribution < 1.29 is 28.9 Å². The van der Waals surface area contributed by atoms with Crippen LogP contribution in [0.4, 0.5) is 0 Å². The molecule has 0 spiro atoms. The molecule has 0 saturated carbocycles. The molecule has 1 amide bonds. The van der Waals surface area contributed by atoms with Gasteiger partial charge in [0, 0.05) is 31.5 Å². The van der Waals surface area contributed by atoms with Crippen molar-refractivity contribution in [3.63, 3.8) is 0 Å². The molecule has 0 aromatic heterocycles. The number of methoxy groups -OCH3 is 3. The average Bonchev–Trinajstić information content (AvgIpc) is 2.87. The predicted octanol–water partition coefficient (Wildman–Crippen LogP) is 2.11. The maximum Gasteiger partial charge on any atom is 0.340 e. The fraction of sp³-hybridized carbons (Fsp3) is 0.368. The maximum absolute atomic E-state index is 12.9. The lowest BCUT2D eigenvalue weighted by Gasteiger charge is -2.17. The van der Waals surface area contributed by atoms with Crippen LogP contribution >= 0.6 is 0 Å². The van der Waals surface area contributed by atoms with Crippen molar-refractivity contribution in [2.75, 3.05) is 34.5 Å². The second-order valence-electron chi connectivity index (χ2n) is 5.71. The first-order valence-electron chi connectivity index (χ1n) is 8.14. The predicted molar refractivity (Wildman–Crippen MR) is 95.6 cm³/mol. The molecule has 0 unspecified atom stereocenters. The number of hydrogen-bond acceptors (Lipinski definition) is 6. The number of carbonyl (C=O) groups is 2. The Hall–Kier alpha value is -2.80. The number of ether oxygens (including phenoxy) is 3. The summed E-state index contributed by atoms with van der Waals surface area (Å²) in [6.45, 7) is 2.62. The van der Waals surface area contributed by atoms with E-state index in [4.69, 9.17) is 14.2 Å². The van der Waals surface area contributed by atoms with Gasteiger partial charge >= 0.3 is 5.97 Å². The van der Waals surface area contributed by atoms with Gasteiger partial charge in [0.25, 0.3) is 5.91 Å². The second kappa shape index (κ2) is 8.53. The number of benzene rings is 1. The average molecular weight is 361 g/mol. The molecule has 0 saturated heterocycles. The summed E-state index contributed by atoms with van der Waals surface area (Å²) < 4.78 is 15.0. The summed E-state index contributed by atoms with van der Waals surface area (Å²) in [5.41, 5.74) is 1.26. The van der Waals surface area contributed by atoms with Crippen molar-refractivity contribution in [2.24, 2.45) is 0 Å². The zero-order valence-corrected chi connectivity index (χ0v) is 15.4. The molecule has 1 aliphatic rings. The summed E-state index contributed by atoms with van der Waals surface area (Å²) in [7, 11) is 4.29. The zero-order valence-electron chi connectivity index (χ0n) is 15.4. The normalized spacial score (nSPS) is 15.8. The highest BCUT2D eigenvalue weighted by atomic mass is 16.5. The van der Waals surface area contributed by atoms with Crippen LogP contribution in [-0.4, -0.2) is 56.4 Å². The maximum atomic E-state index is 12.9. The van der Waals surface area contributed by atoms with Gasteiger partial charge in [-0.05, 0) is 25.5 Å². The molecule has 1 aromatic rings. The monoisotopic (exact) mass is 361 g/mol. The Labute approximate surface area is 152 Å². The lowest BCUT2D eigenvalue weighted by Crippen LogP contribution is -2.26. The largest absolute Gasteiger partial charge is 0.504 e. The molecule has 26 heavy (non-hydrogen) atoms. The van der Waals surface area contributed by atoms with Crippen LogP contribution in [0.5, 0.6) is 11.5 Å². The Kier molecular flexibility index (Phi) is 6.41. The van der Waals surface area contributed by atoms with Crippen LogP contribution in [0.3, 0.4) is 0 Å². The Morgan fingerprint density at radius 1 is 1.27 bits per heavy atom. The van der Waals surface area contributed by atoms with Crippen molar-refractivity contribution in [1.29, 1.82) is 0 Å². The fourth-order valence-corrected chi connectivity index (χ4v) is 2.84. The highest BCUT2D eigenvalue weighted by molar-refractivity contribution is 6.16. The number of carbonyl (C=O) groups excluding carboxylic acids is 2. The minimum Gasteiger partial charge on any atom is -0.504 e. The second-order valence-corrected chi connectivity index (χ2v) is 5.71. The lowest BCUT2D eigenvalue weighted by atomic mass is 10.0. The SMILES string of the molecule is COCCCN1C(=O)C(=Cc2cccc(OC)c2O)C(C(=O)OC)=C1C. The Morgan fingerprint density at radius 2 is 2.00 bits per heavy atom. The number of aromatic hydroxyl groups is 1. The first-order valence-corrected chi connectivity index (χ1v) is 8.14. The van der Waals surface area contributed by atoms with Gasteiger partial charge in [-0.15, -0.1) is 0 Å². The van der Waals surface area contributed by atoms with E-state index in [1.807, 2.05) is 0 Å². The fourth-order valence-electron chi connectivity index (χ4n) is 2.84. The molecule has 140 valence electrons. The van der Waals surface area contributed by atoms with Crippen molar-refractivity contribution in [1.82, 2.24) is 4.90 Å². The molecule has 0 fully saturated rings. The van der Waals surface area contributed by atoms with E-state index in [1.54, 1.807) is 32.2 Å². The molecular weight excluding hydrogens is 338 g/mol. The van der Waals surface area contributed by atoms with Crippen molar-refractivity contribution in [3.05, 3.63) is 40.6 Å². The number of phenols is 1. The van der Waals surface area contributed by atoms with Crippen LogP contribution in [0.2, 0.25) is 0 Å². The summed E-state index contributed by atoms with van der Waals surface area (Å²) in [4.78, 5) is 26.6. The molecule has 1 aliphatic heterocycles. The molecule has 2 rings (SSSR count). The van der Waals surface area contributed by atoms with E-state index >= 15 is 0 Å². The number of rotatable bonds is 7. The molecule has 0 bridgehead atoms. The van der Waals surface area contributed by atoms with E-state index in [2.05, 4.69) is 0 Å². The summed E-state index contributed by atoms with van der Waals surface area (Å²) >= 11 is 0. The first-order chi connectivity index (χ1) is 12.5. The van der Waals surface area contributed by atoms with Crippen LogP contribution in [0.25, 0.3) is 6.08 Å². The van der Waals surface area contributed by atoms with Gasteiger partial charge in [0.2, 0.25) is 0 Å². The van der Waals surface area contributed by atoms with Gasteiger partial charge in [-0.3, -0.25) is 4.79 Å². The lowest BCUT2D eigenvalue weighted by molar-refractivity contribution is -0.136. The van der Waals surface area contributed by atoms with Gasteiger partial charge in [0.1, 0.15) is 0 Å². The molecule has 0 radical (unpaired) electrons. The van der Waals surface area contributed by atoms with Gasteiger partial charge < -0.3 is 24.2 Å². The third kappa shape index (κ3) is 3.72. The van der Waals surface area contributed by atoms with Gasteiger partial charge in [0.15, 0.2) is 11.5 Å². The highest BCUT2D eigenvalue weighted by Gasteiger charge is 2.36. The summed E-state index contributed by atoms with van der Waals surface area (Å²) in [6, 6.07) is 4.93. The minimum absolute atomic E-state index is 0.102. The summed E-state index contributed by atoms with van der Waals surface area (Å²) in [5.74, 6) is -0.739. The summed E-state index contributed by atoms with van der Waals surface area (Å²) in [5, 5.41) is 10.3. The third-order valence-electron chi connectivity index (χ3n) is 4.18. The van der Waals surface area contributed by atoms with Crippen LogP contribution in [0, 0.1) is 0 Å². The van der Waals surface area contributed by atoms with Gasteiger partial charge in [-0.2, -0.15) is 0 Å². The van der Waals surface area contributed by atoms with Gasteiger partial charge in [-0.1, -0.05) is 12.1 Å². The summed E-state index contributed by atoms with van der Waals surface area (Å²) in [6.07, 6.45) is 2.11. The number of allylic oxidation sites excluding steroid dienone is 1. The van der Waals surface area contributed by atoms with E-state index in [-0.39, 0.29) is 28.6 Å². The van der Waals surface area contributed by atoms with Crippen molar-refractivity contribution >= 4 is 18.0 Å². The van der Waals surface area contributed by atoms with E-state index in [9.17, 15) is 14.7 Å².